The van der Waals surface area contributed by atoms with E-state index in [1.165, 1.54) is 36.9 Å². The SMILES string of the molecule is CC(=O)c1c(F)cccc1Sc1ccc(F)cc1. The van der Waals surface area contributed by atoms with E-state index in [0.717, 1.165) is 4.90 Å². The van der Waals surface area contributed by atoms with E-state index in [2.05, 4.69) is 0 Å². The number of rotatable bonds is 3. The fourth-order valence-electron chi connectivity index (χ4n) is 1.56. The van der Waals surface area contributed by atoms with E-state index in [0.29, 0.717) is 4.90 Å². The third kappa shape index (κ3) is 2.76. The van der Waals surface area contributed by atoms with Gasteiger partial charge in [0, 0.05) is 9.79 Å². The summed E-state index contributed by atoms with van der Waals surface area (Å²) in [5.74, 6) is -1.18. The third-order valence-electron chi connectivity index (χ3n) is 2.37. The van der Waals surface area contributed by atoms with Gasteiger partial charge in [-0.2, -0.15) is 0 Å². The Morgan fingerprint density at radius 3 is 2.33 bits per heavy atom. The molecular formula is C14H10F2OS. The van der Waals surface area contributed by atoms with Crippen molar-refractivity contribution in [2.24, 2.45) is 0 Å². The van der Waals surface area contributed by atoms with Gasteiger partial charge in [-0.15, -0.1) is 0 Å². The van der Waals surface area contributed by atoms with Gasteiger partial charge in [0.2, 0.25) is 0 Å². The first-order chi connectivity index (χ1) is 8.58. The van der Waals surface area contributed by atoms with E-state index in [9.17, 15) is 13.6 Å². The average molecular weight is 264 g/mol. The molecule has 0 aromatic heterocycles. The van der Waals surface area contributed by atoms with Crippen molar-refractivity contribution in [2.75, 3.05) is 0 Å². The highest BCUT2D eigenvalue weighted by molar-refractivity contribution is 7.99. The minimum Gasteiger partial charge on any atom is -0.294 e. The number of hydrogen-bond acceptors (Lipinski definition) is 2. The smallest absolute Gasteiger partial charge is 0.163 e. The Morgan fingerprint density at radius 1 is 1.06 bits per heavy atom. The van der Waals surface area contributed by atoms with Crippen LogP contribution < -0.4 is 0 Å². The molecule has 2 aromatic rings. The lowest BCUT2D eigenvalue weighted by Gasteiger charge is -2.07. The molecule has 0 aliphatic heterocycles. The van der Waals surface area contributed by atoms with Crippen molar-refractivity contribution in [2.45, 2.75) is 16.7 Å². The summed E-state index contributed by atoms with van der Waals surface area (Å²) >= 11 is 1.24. The molecule has 0 aliphatic carbocycles. The van der Waals surface area contributed by atoms with E-state index >= 15 is 0 Å². The zero-order valence-electron chi connectivity index (χ0n) is 9.61. The third-order valence-corrected chi connectivity index (χ3v) is 3.44. The molecule has 0 saturated carbocycles. The van der Waals surface area contributed by atoms with Gasteiger partial charge in [0.15, 0.2) is 5.78 Å². The van der Waals surface area contributed by atoms with Crippen LogP contribution in [0.3, 0.4) is 0 Å². The number of Topliss-reactive ketones (excluding diaryl/α,β-unsaturated/α-hetero) is 1. The van der Waals surface area contributed by atoms with E-state index in [1.54, 1.807) is 24.3 Å². The van der Waals surface area contributed by atoms with Crippen molar-refractivity contribution >= 4 is 17.5 Å². The normalized spacial score (nSPS) is 10.4. The quantitative estimate of drug-likeness (QED) is 0.768. The minimum absolute atomic E-state index is 0.0758. The molecule has 2 rings (SSSR count). The van der Waals surface area contributed by atoms with Gasteiger partial charge in [0.1, 0.15) is 11.6 Å². The van der Waals surface area contributed by atoms with Gasteiger partial charge in [-0.3, -0.25) is 4.79 Å². The lowest BCUT2D eigenvalue weighted by Crippen LogP contribution is -1.99. The van der Waals surface area contributed by atoms with E-state index < -0.39 is 5.82 Å². The summed E-state index contributed by atoms with van der Waals surface area (Å²) in [5.41, 5.74) is 0.0758. The van der Waals surface area contributed by atoms with Crippen LogP contribution in [-0.2, 0) is 0 Å². The second-order valence-corrected chi connectivity index (χ2v) is 4.84. The summed E-state index contributed by atoms with van der Waals surface area (Å²) in [6.07, 6.45) is 0. The second-order valence-electron chi connectivity index (χ2n) is 3.73. The van der Waals surface area contributed by atoms with Crippen molar-refractivity contribution in [3.63, 3.8) is 0 Å². The summed E-state index contributed by atoms with van der Waals surface area (Å²) in [5, 5.41) is 0. The first kappa shape index (κ1) is 12.8. The molecule has 2 aromatic carbocycles. The summed E-state index contributed by atoms with van der Waals surface area (Å²) in [6.45, 7) is 1.33. The van der Waals surface area contributed by atoms with Crippen molar-refractivity contribution in [1.29, 1.82) is 0 Å². The molecule has 0 aliphatic rings. The van der Waals surface area contributed by atoms with Crippen LogP contribution in [0, 0.1) is 11.6 Å². The first-order valence-corrected chi connectivity index (χ1v) is 6.12. The molecule has 4 heteroatoms. The van der Waals surface area contributed by atoms with Gasteiger partial charge in [-0.25, -0.2) is 8.78 Å². The van der Waals surface area contributed by atoms with E-state index in [-0.39, 0.29) is 17.2 Å². The highest BCUT2D eigenvalue weighted by Crippen LogP contribution is 2.31. The Bertz CT molecular complexity index is 579. The molecule has 0 saturated heterocycles. The molecule has 0 spiro atoms. The average Bonchev–Trinajstić information content (AvgIpc) is 2.32. The van der Waals surface area contributed by atoms with Crippen LogP contribution in [0.5, 0.6) is 0 Å². The molecule has 92 valence electrons. The molecule has 0 atom stereocenters. The summed E-state index contributed by atoms with van der Waals surface area (Å²) in [7, 11) is 0. The molecule has 0 unspecified atom stereocenters. The molecule has 0 N–H and O–H groups in total. The number of halogens is 2. The largest absolute Gasteiger partial charge is 0.294 e. The highest BCUT2D eigenvalue weighted by atomic mass is 32.2. The van der Waals surface area contributed by atoms with E-state index in [4.69, 9.17) is 0 Å². The van der Waals surface area contributed by atoms with Crippen molar-refractivity contribution < 1.29 is 13.6 Å². The fraction of sp³-hybridized carbons (Fsp3) is 0.0714. The molecule has 0 heterocycles. The Kier molecular flexibility index (Phi) is 3.77. The van der Waals surface area contributed by atoms with Gasteiger partial charge >= 0.3 is 0 Å². The van der Waals surface area contributed by atoms with Crippen LogP contribution >= 0.6 is 11.8 Å². The van der Waals surface area contributed by atoms with Crippen LogP contribution in [0.4, 0.5) is 8.78 Å². The number of benzene rings is 2. The van der Waals surface area contributed by atoms with Crippen molar-refractivity contribution in [3.8, 4) is 0 Å². The van der Waals surface area contributed by atoms with Gasteiger partial charge < -0.3 is 0 Å². The number of carbonyl (C=O) groups is 1. The van der Waals surface area contributed by atoms with Crippen LogP contribution in [0.25, 0.3) is 0 Å². The zero-order chi connectivity index (χ0) is 13.1. The first-order valence-electron chi connectivity index (χ1n) is 5.31. The van der Waals surface area contributed by atoms with Crippen LogP contribution in [0.15, 0.2) is 52.3 Å². The Morgan fingerprint density at radius 2 is 1.72 bits per heavy atom. The Balaban J connectivity index is 2.37. The molecular weight excluding hydrogens is 254 g/mol. The Labute approximate surface area is 108 Å². The van der Waals surface area contributed by atoms with Crippen LogP contribution in [0.2, 0.25) is 0 Å². The minimum atomic E-state index is -0.533. The standard InChI is InChI=1S/C14H10F2OS/c1-9(17)14-12(16)3-2-4-13(14)18-11-7-5-10(15)6-8-11/h2-8H,1H3. The maximum absolute atomic E-state index is 13.6. The zero-order valence-corrected chi connectivity index (χ0v) is 10.4. The maximum Gasteiger partial charge on any atom is 0.163 e. The van der Waals surface area contributed by atoms with Crippen molar-refractivity contribution in [3.05, 3.63) is 59.7 Å². The molecule has 0 bridgehead atoms. The summed E-state index contributed by atoms with van der Waals surface area (Å²) in [6, 6.07) is 10.3. The van der Waals surface area contributed by atoms with Crippen LogP contribution in [-0.4, -0.2) is 5.78 Å². The lowest BCUT2D eigenvalue weighted by molar-refractivity contribution is 0.101. The van der Waals surface area contributed by atoms with Crippen LogP contribution in [0.1, 0.15) is 17.3 Å². The summed E-state index contributed by atoms with van der Waals surface area (Å²) < 4.78 is 26.3. The molecule has 18 heavy (non-hydrogen) atoms. The topological polar surface area (TPSA) is 17.1 Å². The van der Waals surface area contributed by atoms with Crippen molar-refractivity contribution in [1.82, 2.24) is 0 Å². The Hall–Kier alpha value is -1.68. The highest BCUT2D eigenvalue weighted by Gasteiger charge is 2.13. The summed E-state index contributed by atoms with van der Waals surface area (Å²) in [4.78, 5) is 12.7. The molecule has 0 amide bonds. The predicted molar refractivity (Wildman–Crippen MR) is 66.9 cm³/mol. The van der Waals surface area contributed by atoms with Gasteiger partial charge in [-0.05, 0) is 43.3 Å². The fourth-order valence-corrected chi connectivity index (χ4v) is 2.58. The van der Waals surface area contributed by atoms with Gasteiger partial charge in [0.05, 0.1) is 5.56 Å². The van der Waals surface area contributed by atoms with Gasteiger partial charge in [-0.1, -0.05) is 17.8 Å². The second kappa shape index (κ2) is 5.31. The maximum atomic E-state index is 13.6. The molecule has 0 radical (unpaired) electrons. The number of hydrogen-bond donors (Lipinski definition) is 0. The molecule has 1 nitrogen and oxygen atoms in total. The van der Waals surface area contributed by atoms with E-state index in [1.807, 2.05) is 0 Å². The predicted octanol–water partition coefficient (Wildman–Crippen LogP) is 4.32. The van der Waals surface area contributed by atoms with Gasteiger partial charge in [0.25, 0.3) is 0 Å². The lowest BCUT2D eigenvalue weighted by atomic mass is 10.1. The number of carbonyl (C=O) groups excluding carboxylic acids is 1. The monoisotopic (exact) mass is 264 g/mol. The number of ketones is 1. The molecule has 0 fully saturated rings.